The molecule has 0 fully saturated rings. The van der Waals surface area contributed by atoms with Crippen LogP contribution in [0.3, 0.4) is 0 Å². The molecule has 2 amide bonds. The predicted molar refractivity (Wildman–Crippen MR) is 79.2 cm³/mol. The highest BCUT2D eigenvalue weighted by atomic mass is 16.4. The summed E-state index contributed by atoms with van der Waals surface area (Å²) in [6, 6.07) is 5.63. The zero-order valence-electron chi connectivity index (χ0n) is 12.3. The number of amidine groups is 1. The van der Waals surface area contributed by atoms with E-state index in [1.165, 1.54) is 6.07 Å². The number of hydrogen-bond acceptors (Lipinski definition) is 4. The van der Waals surface area contributed by atoms with Crippen molar-refractivity contribution in [3.8, 4) is 0 Å². The summed E-state index contributed by atoms with van der Waals surface area (Å²) in [5.74, 6) is -0.754. The maximum absolute atomic E-state index is 12.1. The van der Waals surface area contributed by atoms with Crippen LogP contribution in [0, 0.1) is 0 Å². The molecule has 0 aliphatic rings. The van der Waals surface area contributed by atoms with E-state index in [0.717, 1.165) is 0 Å². The summed E-state index contributed by atoms with van der Waals surface area (Å²) in [4.78, 5) is 23.8. The normalized spacial score (nSPS) is 12.9. The maximum atomic E-state index is 12.1. The van der Waals surface area contributed by atoms with Gasteiger partial charge in [0, 0.05) is 17.2 Å². The molecular weight excluding hydrogens is 272 g/mol. The molecule has 0 aliphatic carbocycles. The monoisotopic (exact) mass is 292 g/mol. The standard InChI is InChI=1S/C14H20N4O3/c1-8(2)16-13(19)9(3)17-14(20)11-6-4-5-10(7-11)12(15)18-21/h4-9,21H,1-3H3,(H2,15,18)(H,16,19)(H,17,20). The molecule has 1 unspecified atom stereocenters. The maximum Gasteiger partial charge on any atom is 0.251 e. The molecule has 5 N–H and O–H groups in total. The van der Waals surface area contributed by atoms with Crippen molar-refractivity contribution in [2.24, 2.45) is 10.9 Å². The van der Waals surface area contributed by atoms with Crippen LogP contribution in [0.25, 0.3) is 0 Å². The minimum absolute atomic E-state index is 0.000689. The largest absolute Gasteiger partial charge is 0.409 e. The van der Waals surface area contributed by atoms with Gasteiger partial charge in [0.15, 0.2) is 5.84 Å². The lowest BCUT2D eigenvalue weighted by molar-refractivity contribution is -0.123. The molecular formula is C14H20N4O3. The summed E-state index contributed by atoms with van der Waals surface area (Å²) in [6.07, 6.45) is 0. The SMILES string of the molecule is CC(C)NC(=O)C(C)NC(=O)c1cccc(/C(N)=N/O)c1. The fraction of sp³-hybridized carbons (Fsp3) is 0.357. The molecule has 0 aromatic heterocycles. The third-order valence-electron chi connectivity index (χ3n) is 2.70. The number of hydrogen-bond donors (Lipinski definition) is 4. The summed E-state index contributed by atoms with van der Waals surface area (Å²) in [5, 5.41) is 16.8. The van der Waals surface area contributed by atoms with Gasteiger partial charge in [-0.25, -0.2) is 0 Å². The molecule has 7 nitrogen and oxygen atoms in total. The van der Waals surface area contributed by atoms with Crippen LogP contribution in [0.2, 0.25) is 0 Å². The molecule has 7 heteroatoms. The second-order valence-electron chi connectivity index (χ2n) is 4.92. The van der Waals surface area contributed by atoms with Crippen molar-refractivity contribution in [1.82, 2.24) is 10.6 Å². The number of amides is 2. The fourth-order valence-corrected chi connectivity index (χ4v) is 1.63. The second-order valence-corrected chi connectivity index (χ2v) is 4.92. The smallest absolute Gasteiger partial charge is 0.251 e. The van der Waals surface area contributed by atoms with Crippen molar-refractivity contribution in [3.63, 3.8) is 0 Å². The van der Waals surface area contributed by atoms with Crippen LogP contribution in [0.5, 0.6) is 0 Å². The fourth-order valence-electron chi connectivity index (χ4n) is 1.63. The Morgan fingerprint density at radius 2 is 1.81 bits per heavy atom. The number of oxime groups is 1. The van der Waals surface area contributed by atoms with Gasteiger partial charge in [0.1, 0.15) is 6.04 Å². The number of rotatable bonds is 5. The number of nitrogens with zero attached hydrogens (tertiary/aromatic N) is 1. The highest BCUT2D eigenvalue weighted by Crippen LogP contribution is 2.05. The first-order chi connectivity index (χ1) is 9.85. The number of nitrogens with one attached hydrogen (secondary N) is 2. The minimum atomic E-state index is -0.660. The van der Waals surface area contributed by atoms with Gasteiger partial charge in [0.25, 0.3) is 5.91 Å². The highest BCUT2D eigenvalue weighted by molar-refractivity contribution is 6.02. The zero-order chi connectivity index (χ0) is 16.0. The molecule has 21 heavy (non-hydrogen) atoms. The van der Waals surface area contributed by atoms with E-state index in [9.17, 15) is 9.59 Å². The zero-order valence-corrected chi connectivity index (χ0v) is 12.3. The van der Waals surface area contributed by atoms with E-state index in [1.807, 2.05) is 13.8 Å². The minimum Gasteiger partial charge on any atom is -0.409 e. The molecule has 1 rings (SSSR count). The Hall–Kier alpha value is -2.57. The molecule has 0 aliphatic heterocycles. The quantitative estimate of drug-likeness (QED) is 0.272. The average molecular weight is 292 g/mol. The lowest BCUT2D eigenvalue weighted by Crippen LogP contribution is -2.46. The van der Waals surface area contributed by atoms with Gasteiger partial charge in [0.05, 0.1) is 0 Å². The van der Waals surface area contributed by atoms with Gasteiger partial charge in [-0.1, -0.05) is 17.3 Å². The van der Waals surface area contributed by atoms with Gasteiger partial charge in [-0.2, -0.15) is 0 Å². The molecule has 114 valence electrons. The Balaban J connectivity index is 2.78. The molecule has 0 saturated heterocycles. The summed E-state index contributed by atoms with van der Waals surface area (Å²) in [6.45, 7) is 5.28. The Labute approximate surface area is 123 Å². The third-order valence-corrected chi connectivity index (χ3v) is 2.70. The van der Waals surface area contributed by atoms with E-state index >= 15 is 0 Å². The number of carbonyl (C=O) groups excluding carboxylic acids is 2. The third kappa shape index (κ3) is 4.79. The van der Waals surface area contributed by atoms with Crippen LogP contribution in [0.15, 0.2) is 29.4 Å². The Bertz CT molecular complexity index is 555. The second kappa shape index (κ2) is 7.28. The molecule has 0 heterocycles. The molecule has 0 saturated carbocycles. The van der Waals surface area contributed by atoms with Crippen molar-refractivity contribution in [1.29, 1.82) is 0 Å². The Kier molecular flexibility index (Phi) is 5.71. The van der Waals surface area contributed by atoms with Gasteiger partial charge >= 0.3 is 0 Å². The highest BCUT2D eigenvalue weighted by Gasteiger charge is 2.17. The number of carbonyl (C=O) groups is 2. The molecule has 1 aromatic rings. The average Bonchev–Trinajstić information content (AvgIpc) is 2.45. The van der Waals surface area contributed by atoms with Gasteiger partial charge < -0.3 is 21.6 Å². The molecule has 0 radical (unpaired) electrons. The van der Waals surface area contributed by atoms with Crippen molar-refractivity contribution >= 4 is 17.6 Å². The van der Waals surface area contributed by atoms with E-state index in [1.54, 1.807) is 25.1 Å². The topological polar surface area (TPSA) is 117 Å². The predicted octanol–water partition coefficient (Wildman–Crippen LogP) is 0.424. The van der Waals surface area contributed by atoms with Crippen LogP contribution >= 0.6 is 0 Å². The van der Waals surface area contributed by atoms with E-state index in [-0.39, 0.29) is 17.8 Å². The first-order valence-electron chi connectivity index (χ1n) is 6.54. The van der Waals surface area contributed by atoms with Crippen LogP contribution in [-0.4, -0.2) is 34.9 Å². The summed E-state index contributed by atoms with van der Waals surface area (Å²) < 4.78 is 0. The van der Waals surface area contributed by atoms with Crippen molar-refractivity contribution in [3.05, 3.63) is 35.4 Å². The Morgan fingerprint density at radius 3 is 2.38 bits per heavy atom. The van der Waals surface area contributed by atoms with Crippen LogP contribution < -0.4 is 16.4 Å². The van der Waals surface area contributed by atoms with Crippen molar-refractivity contribution in [2.45, 2.75) is 32.9 Å². The molecule has 0 bridgehead atoms. The first-order valence-corrected chi connectivity index (χ1v) is 6.54. The van der Waals surface area contributed by atoms with Gasteiger partial charge in [-0.3, -0.25) is 9.59 Å². The Morgan fingerprint density at radius 1 is 1.19 bits per heavy atom. The number of nitrogens with two attached hydrogens (primary N) is 1. The summed E-state index contributed by atoms with van der Waals surface area (Å²) in [5.41, 5.74) is 6.22. The van der Waals surface area contributed by atoms with Gasteiger partial charge in [-0.15, -0.1) is 0 Å². The summed E-state index contributed by atoms with van der Waals surface area (Å²) >= 11 is 0. The molecule has 1 aromatic carbocycles. The number of benzene rings is 1. The lowest BCUT2D eigenvalue weighted by atomic mass is 10.1. The van der Waals surface area contributed by atoms with Crippen molar-refractivity contribution in [2.75, 3.05) is 0 Å². The van der Waals surface area contributed by atoms with E-state index < -0.39 is 11.9 Å². The first kappa shape index (κ1) is 16.5. The van der Waals surface area contributed by atoms with Crippen molar-refractivity contribution < 1.29 is 14.8 Å². The lowest BCUT2D eigenvalue weighted by Gasteiger charge is -2.16. The van der Waals surface area contributed by atoms with E-state index in [4.69, 9.17) is 10.9 Å². The van der Waals surface area contributed by atoms with Gasteiger partial charge in [0.2, 0.25) is 5.91 Å². The molecule has 0 spiro atoms. The van der Waals surface area contributed by atoms with Crippen LogP contribution in [0.4, 0.5) is 0 Å². The van der Waals surface area contributed by atoms with E-state index in [0.29, 0.717) is 11.1 Å². The van der Waals surface area contributed by atoms with Crippen LogP contribution in [-0.2, 0) is 4.79 Å². The van der Waals surface area contributed by atoms with E-state index in [2.05, 4.69) is 15.8 Å². The molecule has 1 atom stereocenters. The summed E-state index contributed by atoms with van der Waals surface area (Å²) in [7, 11) is 0. The van der Waals surface area contributed by atoms with Crippen LogP contribution in [0.1, 0.15) is 36.7 Å². The van der Waals surface area contributed by atoms with Gasteiger partial charge in [-0.05, 0) is 32.9 Å².